The first-order chi connectivity index (χ1) is 13.8. The van der Waals surface area contributed by atoms with E-state index in [-0.39, 0.29) is 11.9 Å². The molecule has 0 saturated heterocycles. The quantitative estimate of drug-likeness (QED) is 0.486. The van der Waals surface area contributed by atoms with Crippen LogP contribution >= 0.6 is 11.8 Å². The topological polar surface area (TPSA) is 49.2 Å². The van der Waals surface area contributed by atoms with Gasteiger partial charge >= 0.3 is 0 Å². The number of aromatic nitrogens is 1. The van der Waals surface area contributed by atoms with Gasteiger partial charge in [0, 0.05) is 28.0 Å². The Balaban J connectivity index is 1.66. The van der Waals surface area contributed by atoms with Crippen LogP contribution in [0.15, 0.2) is 76.2 Å². The lowest BCUT2D eigenvalue weighted by Gasteiger charge is -2.35. The van der Waals surface area contributed by atoms with Crippen molar-refractivity contribution < 1.29 is 9.21 Å². The number of hydrogen-bond acceptors (Lipinski definition) is 3. The van der Waals surface area contributed by atoms with Gasteiger partial charge in [0.25, 0.3) is 5.91 Å². The maximum atomic E-state index is 13.2. The number of H-pyrrole nitrogens is 1. The number of furan rings is 1. The molecule has 5 rings (SSSR count). The Kier molecular flexibility index (Phi) is 4.24. The van der Waals surface area contributed by atoms with E-state index in [0.29, 0.717) is 12.3 Å². The molecule has 2 aromatic carbocycles. The molecule has 3 heterocycles. The number of benzene rings is 2. The van der Waals surface area contributed by atoms with Gasteiger partial charge in [-0.3, -0.25) is 4.79 Å². The van der Waals surface area contributed by atoms with Crippen molar-refractivity contribution in [2.24, 2.45) is 0 Å². The Morgan fingerprint density at radius 2 is 1.93 bits per heavy atom. The van der Waals surface area contributed by atoms with E-state index >= 15 is 0 Å². The van der Waals surface area contributed by atoms with Crippen LogP contribution in [0.25, 0.3) is 10.9 Å². The first-order valence-corrected chi connectivity index (χ1v) is 10.6. The van der Waals surface area contributed by atoms with E-state index in [1.165, 1.54) is 15.8 Å². The summed E-state index contributed by atoms with van der Waals surface area (Å²) in [5, 5.41) is 1.24. The molecule has 2 aromatic heterocycles. The lowest BCUT2D eigenvalue weighted by atomic mass is 9.92. The molecule has 0 spiro atoms. The number of aromatic amines is 1. The molecule has 4 aromatic rings. The normalized spacial score (nSPS) is 16.3. The summed E-state index contributed by atoms with van der Waals surface area (Å²) in [6.07, 6.45) is 4.44. The maximum absolute atomic E-state index is 13.2. The van der Waals surface area contributed by atoms with Gasteiger partial charge in [-0.05, 0) is 54.1 Å². The minimum absolute atomic E-state index is 0.0757. The summed E-state index contributed by atoms with van der Waals surface area (Å²) in [4.78, 5) is 19.9. The van der Waals surface area contributed by atoms with Crippen molar-refractivity contribution in [1.29, 1.82) is 0 Å². The predicted molar refractivity (Wildman–Crippen MR) is 112 cm³/mol. The predicted octanol–water partition coefficient (Wildman–Crippen LogP) is 5.27. The molecular weight excluding hydrogens is 368 g/mol. The molecule has 5 heteroatoms. The van der Waals surface area contributed by atoms with Crippen LogP contribution < -0.4 is 0 Å². The standard InChI is InChI=1S/C23H20N2O2S/c1-28-16-10-8-15(9-11-16)22-21-18(17-5-2-3-6-19(17)24-21)12-13-25(22)23(26)20-7-4-14-27-20/h2-11,14,22,24H,12-13H2,1H3/t22-/m0/s1. The molecule has 0 bridgehead atoms. The van der Waals surface area contributed by atoms with Crippen LogP contribution in [0.1, 0.15) is 33.4 Å². The minimum atomic E-state index is -0.162. The van der Waals surface area contributed by atoms with Crippen molar-refractivity contribution in [1.82, 2.24) is 9.88 Å². The van der Waals surface area contributed by atoms with Crippen LogP contribution in [-0.4, -0.2) is 28.6 Å². The van der Waals surface area contributed by atoms with Crippen LogP contribution in [-0.2, 0) is 6.42 Å². The zero-order valence-corrected chi connectivity index (χ0v) is 16.3. The first kappa shape index (κ1) is 17.2. The van der Waals surface area contributed by atoms with E-state index in [1.54, 1.807) is 30.2 Å². The number of thioether (sulfide) groups is 1. The second kappa shape index (κ2) is 6.91. The van der Waals surface area contributed by atoms with Gasteiger partial charge in [-0.1, -0.05) is 30.3 Å². The lowest BCUT2D eigenvalue weighted by Crippen LogP contribution is -2.40. The molecule has 1 aliphatic rings. The lowest BCUT2D eigenvalue weighted by molar-refractivity contribution is 0.0659. The summed E-state index contributed by atoms with van der Waals surface area (Å²) in [5.74, 6) is 0.304. The number of hydrogen-bond donors (Lipinski definition) is 1. The Labute approximate surface area is 167 Å². The molecule has 1 amide bonds. The molecule has 28 heavy (non-hydrogen) atoms. The molecule has 140 valence electrons. The average Bonchev–Trinajstić information content (AvgIpc) is 3.40. The molecule has 0 aliphatic carbocycles. The number of rotatable bonds is 3. The fourth-order valence-electron chi connectivity index (χ4n) is 4.13. The van der Waals surface area contributed by atoms with Crippen molar-refractivity contribution in [2.75, 3.05) is 12.8 Å². The molecule has 0 radical (unpaired) electrons. The third-order valence-corrected chi connectivity index (χ3v) is 6.20. The van der Waals surface area contributed by atoms with Crippen molar-refractivity contribution in [3.63, 3.8) is 0 Å². The van der Waals surface area contributed by atoms with Gasteiger partial charge in [0.05, 0.1) is 12.3 Å². The van der Waals surface area contributed by atoms with Crippen molar-refractivity contribution in [3.05, 3.63) is 89.5 Å². The summed E-state index contributed by atoms with van der Waals surface area (Å²) in [6.45, 7) is 0.656. The number of nitrogens with one attached hydrogen (secondary N) is 1. The number of para-hydroxylation sites is 1. The third kappa shape index (κ3) is 2.74. The van der Waals surface area contributed by atoms with Gasteiger partial charge in [-0.25, -0.2) is 0 Å². The fourth-order valence-corrected chi connectivity index (χ4v) is 4.54. The molecule has 0 unspecified atom stereocenters. The smallest absolute Gasteiger partial charge is 0.290 e. The van der Waals surface area contributed by atoms with Crippen LogP contribution in [0.5, 0.6) is 0 Å². The van der Waals surface area contributed by atoms with E-state index in [2.05, 4.69) is 53.7 Å². The fraction of sp³-hybridized carbons (Fsp3) is 0.174. The van der Waals surface area contributed by atoms with Gasteiger partial charge in [0.15, 0.2) is 5.76 Å². The van der Waals surface area contributed by atoms with Crippen LogP contribution in [0.3, 0.4) is 0 Å². The largest absolute Gasteiger partial charge is 0.459 e. The summed E-state index contributed by atoms with van der Waals surface area (Å²) in [7, 11) is 0. The molecule has 1 atom stereocenters. The van der Waals surface area contributed by atoms with Gasteiger partial charge in [-0.15, -0.1) is 11.8 Å². The summed E-state index contributed by atoms with van der Waals surface area (Å²) >= 11 is 1.72. The summed E-state index contributed by atoms with van der Waals surface area (Å²) in [5.41, 5.74) is 4.62. The summed E-state index contributed by atoms with van der Waals surface area (Å²) < 4.78 is 5.41. The van der Waals surface area contributed by atoms with Crippen LogP contribution in [0, 0.1) is 0 Å². The Morgan fingerprint density at radius 3 is 2.68 bits per heavy atom. The molecule has 4 nitrogen and oxygen atoms in total. The van der Waals surface area contributed by atoms with E-state index in [0.717, 1.165) is 23.2 Å². The van der Waals surface area contributed by atoms with Crippen molar-refractivity contribution in [2.45, 2.75) is 17.4 Å². The Bertz CT molecular complexity index is 1130. The minimum Gasteiger partial charge on any atom is -0.459 e. The third-order valence-electron chi connectivity index (χ3n) is 5.46. The van der Waals surface area contributed by atoms with Crippen LogP contribution in [0.4, 0.5) is 0 Å². The molecule has 0 saturated carbocycles. The maximum Gasteiger partial charge on any atom is 0.290 e. The number of nitrogens with zero attached hydrogens (tertiary/aromatic N) is 1. The highest BCUT2D eigenvalue weighted by molar-refractivity contribution is 7.98. The monoisotopic (exact) mass is 388 g/mol. The Morgan fingerprint density at radius 1 is 1.11 bits per heavy atom. The van der Waals surface area contributed by atoms with Gasteiger partial charge in [0.1, 0.15) is 0 Å². The van der Waals surface area contributed by atoms with Gasteiger partial charge in [-0.2, -0.15) is 0 Å². The number of carbonyl (C=O) groups is 1. The van der Waals surface area contributed by atoms with Crippen molar-refractivity contribution >= 4 is 28.6 Å². The number of carbonyl (C=O) groups excluding carboxylic acids is 1. The van der Waals surface area contributed by atoms with Gasteiger partial charge < -0.3 is 14.3 Å². The zero-order valence-electron chi connectivity index (χ0n) is 15.5. The van der Waals surface area contributed by atoms with Crippen molar-refractivity contribution in [3.8, 4) is 0 Å². The second-order valence-corrected chi connectivity index (χ2v) is 7.84. The highest BCUT2D eigenvalue weighted by atomic mass is 32.2. The van der Waals surface area contributed by atoms with Crippen LogP contribution in [0.2, 0.25) is 0 Å². The van der Waals surface area contributed by atoms with E-state index in [1.807, 2.05) is 11.0 Å². The average molecular weight is 388 g/mol. The second-order valence-electron chi connectivity index (χ2n) is 6.96. The SMILES string of the molecule is CSc1ccc([C@H]2c3[nH]c4ccccc4c3CCN2C(=O)c2ccco2)cc1. The zero-order chi connectivity index (χ0) is 19.1. The molecule has 0 fully saturated rings. The van der Waals surface area contributed by atoms with E-state index in [4.69, 9.17) is 4.42 Å². The highest BCUT2D eigenvalue weighted by Crippen LogP contribution is 2.39. The molecule has 1 aliphatic heterocycles. The molecule has 1 N–H and O–H groups in total. The van der Waals surface area contributed by atoms with E-state index < -0.39 is 0 Å². The number of amides is 1. The number of fused-ring (bicyclic) bond motifs is 3. The highest BCUT2D eigenvalue weighted by Gasteiger charge is 2.35. The summed E-state index contributed by atoms with van der Waals surface area (Å²) in [6, 6.07) is 20.2. The first-order valence-electron chi connectivity index (χ1n) is 9.34. The molecular formula is C23H20N2O2S. The van der Waals surface area contributed by atoms with E-state index in [9.17, 15) is 4.79 Å². The van der Waals surface area contributed by atoms with Gasteiger partial charge in [0.2, 0.25) is 0 Å². The Hall–Kier alpha value is -2.92.